The van der Waals surface area contributed by atoms with Crippen molar-refractivity contribution in [3.05, 3.63) is 29.3 Å². The van der Waals surface area contributed by atoms with Gasteiger partial charge in [-0.3, -0.25) is 0 Å². The number of hydrogen-bond acceptors (Lipinski definition) is 1. The van der Waals surface area contributed by atoms with Gasteiger partial charge in [0.05, 0.1) is 12.5 Å². The minimum absolute atomic E-state index is 0.374. The van der Waals surface area contributed by atoms with Crippen molar-refractivity contribution in [1.82, 2.24) is 0 Å². The van der Waals surface area contributed by atoms with Crippen molar-refractivity contribution in [2.24, 2.45) is 5.92 Å². The molecule has 1 aliphatic rings. The van der Waals surface area contributed by atoms with E-state index in [-0.39, 0.29) is 0 Å². The van der Waals surface area contributed by atoms with Crippen molar-refractivity contribution in [3.8, 4) is 17.6 Å². The lowest BCUT2D eigenvalue weighted by atomic mass is 10.1. The van der Waals surface area contributed by atoms with E-state index in [1.165, 1.54) is 32.1 Å². The van der Waals surface area contributed by atoms with E-state index in [1.54, 1.807) is 0 Å². The molecule has 0 N–H and O–H groups in total. The first-order valence-corrected chi connectivity index (χ1v) is 7.61. The third-order valence-electron chi connectivity index (χ3n) is 3.73. The van der Waals surface area contributed by atoms with Crippen LogP contribution in [0.2, 0.25) is 0 Å². The average molecular weight is 277 g/mol. The van der Waals surface area contributed by atoms with Crippen LogP contribution in [0.15, 0.2) is 18.2 Å². The highest BCUT2D eigenvalue weighted by molar-refractivity contribution is 6.19. The van der Waals surface area contributed by atoms with E-state index in [2.05, 4.69) is 24.8 Å². The SMILES string of the molecule is Cc1cc(C#CCCl)ccc1OCCC1CCCC1. The second kappa shape index (κ2) is 7.46. The Balaban J connectivity index is 1.86. The van der Waals surface area contributed by atoms with Crippen molar-refractivity contribution in [2.75, 3.05) is 12.5 Å². The lowest BCUT2D eigenvalue weighted by molar-refractivity contribution is 0.277. The Morgan fingerprint density at radius 3 is 2.79 bits per heavy atom. The summed E-state index contributed by atoms with van der Waals surface area (Å²) in [5.41, 5.74) is 2.15. The summed E-state index contributed by atoms with van der Waals surface area (Å²) in [7, 11) is 0. The van der Waals surface area contributed by atoms with Crippen LogP contribution >= 0.6 is 11.6 Å². The number of hydrogen-bond donors (Lipinski definition) is 0. The molecule has 1 nitrogen and oxygen atoms in total. The monoisotopic (exact) mass is 276 g/mol. The zero-order chi connectivity index (χ0) is 13.5. The molecule has 1 aliphatic carbocycles. The normalized spacial score (nSPS) is 15.1. The van der Waals surface area contributed by atoms with Crippen LogP contribution in [-0.4, -0.2) is 12.5 Å². The van der Waals surface area contributed by atoms with Gasteiger partial charge in [0.1, 0.15) is 5.75 Å². The maximum absolute atomic E-state index is 5.88. The number of halogens is 1. The van der Waals surface area contributed by atoms with Gasteiger partial charge in [-0.25, -0.2) is 0 Å². The van der Waals surface area contributed by atoms with Crippen LogP contribution in [0.3, 0.4) is 0 Å². The number of rotatable bonds is 4. The lowest BCUT2D eigenvalue weighted by Crippen LogP contribution is -2.04. The van der Waals surface area contributed by atoms with E-state index in [0.29, 0.717) is 5.88 Å². The van der Waals surface area contributed by atoms with Gasteiger partial charge in [0, 0.05) is 5.56 Å². The maximum Gasteiger partial charge on any atom is 0.122 e. The smallest absolute Gasteiger partial charge is 0.122 e. The molecule has 1 saturated carbocycles. The highest BCUT2D eigenvalue weighted by atomic mass is 35.5. The number of benzene rings is 1. The van der Waals surface area contributed by atoms with Crippen LogP contribution < -0.4 is 4.74 Å². The first-order chi connectivity index (χ1) is 9.29. The van der Waals surface area contributed by atoms with Crippen LogP contribution in [0, 0.1) is 24.7 Å². The van der Waals surface area contributed by atoms with Crippen LogP contribution in [0.4, 0.5) is 0 Å². The summed E-state index contributed by atoms with van der Waals surface area (Å²) < 4.78 is 5.88. The summed E-state index contributed by atoms with van der Waals surface area (Å²) in [4.78, 5) is 0. The Labute approximate surface area is 121 Å². The Bertz CT molecular complexity index is 464. The molecule has 0 radical (unpaired) electrons. The molecular weight excluding hydrogens is 256 g/mol. The Hall–Kier alpha value is -1.13. The van der Waals surface area contributed by atoms with Crippen LogP contribution in [-0.2, 0) is 0 Å². The summed E-state index contributed by atoms with van der Waals surface area (Å²) in [5, 5.41) is 0. The van der Waals surface area contributed by atoms with Gasteiger partial charge in [0.25, 0.3) is 0 Å². The predicted molar refractivity (Wildman–Crippen MR) is 80.8 cm³/mol. The zero-order valence-electron chi connectivity index (χ0n) is 11.5. The molecule has 0 unspecified atom stereocenters. The molecule has 0 atom stereocenters. The van der Waals surface area contributed by atoms with Crippen LogP contribution in [0.25, 0.3) is 0 Å². The molecule has 1 aromatic carbocycles. The molecule has 19 heavy (non-hydrogen) atoms. The molecule has 1 fully saturated rings. The molecule has 0 spiro atoms. The quantitative estimate of drug-likeness (QED) is 0.579. The Morgan fingerprint density at radius 1 is 1.32 bits per heavy atom. The molecule has 0 bridgehead atoms. The van der Waals surface area contributed by atoms with Gasteiger partial charge in [0.2, 0.25) is 0 Å². The first-order valence-electron chi connectivity index (χ1n) is 7.08. The Morgan fingerprint density at radius 2 is 2.11 bits per heavy atom. The predicted octanol–water partition coefficient (Wildman–Crippen LogP) is 4.54. The minimum Gasteiger partial charge on any atom is -0.493 e. The minimum atomic E-state index is 0.374. The topological polar surface area (TPSA) is 9.23 Å². The molecule has 0 aliphatic heterocycles. The molecule has 2 rings (SSSR count). The van der Waals surface area contributed by atoms with E-state index >= 15 is 0 Å². The molecule has 1 aromatic rings. The van der Waals surface area contributed by atoms with Crippen LogP contribution in [0.1, 0.15) is 43.2 Å². The molecule has 0 saturated heterocycles. The molecule has 0 aromatic heterocycles. The van der Waals surface area contributed by atoms with Crippen molar-refractivity contribution in [2.45, 2.75) is 39.0 Å². The molecule has 2 heteroatoms. The third-order valence-corrected chi connectivity index (χ3v) is 3.87. The van der Waals surface area contributed by atoms with E-state index in [0.717, 1.165) is 29.4 Å². The average Bonchev–Trinajstić information content (AvgIpc) is 2.92. The fourth-order valence-electron chi connectivity index (χ4n) is 2.66. The fourth-order valence-corrected chi connectivity index (χ4v) is 2.73. The molecule has 0 amide bonds. The summed E-state index contributed by atoms with van der Waals surface area (Å²) in [6.45, 7) is 2.90. The molecule has 102 valence electrons. The van der Waals surface area contributed by atoms with Gasteiger partial charge in [-0.15, -0.1) is 11.6 Å². The highest BCUT2D eigenvalue weighted by Crippen LogP contribution is 2.28. The summed E-state index contributed by atoms with van der Waals surface area (Å²) in [6.07, 6.45) is 6.76. The number of alkyl halides is 1. The molecular formula is C17H21ClO. The van der Waals surface area contributed by atoms with E-state index in [9.17, 15) is 0 Å². The lowest BCUT2D eigenvalue weighted by Gasteiger charge is -2.12. The van der Waals surface area contributed by atoms with Gasteiger partial charge < -0.3 is 4.74 Å². The second-order valence-corrected chi connectivity index (χ2v) is 5.47. The van der Waals surface area contributed by atoms with Gasteiger partial charge in [-0.05, 0) is 43.0 Å². The summed E-state index contributed by atoms with van der Waals surface area (Å²) in [5.74, 6) is 8.13. The maximum atomic E-state index is 5.88. The van der Waals surface area contributed by atoms with E-state index < -0.39 is 0 Å². The number of aryl methyl sites for hydroxylation is 1. The third kappa shape index (κ3) is 4.48. The summed E-state index contributed by atoms with van der Waals surface area (Å²) >= 11 is 5.55. The van der Waals surface area contributed by atoms with Crippen molar-refractivity contribution in [3.63, 3.8) is 0 Å². The zero-order valence-corrected chi connectivity index (χ0v) is 12.3. The van der Waals surface area contributed by atoms with Crippen molar-refractivity contribution < 1.29 is 4.74 Å². The van der Waals surface area contributed by atoms with Crippen molar-refractivity contribution in [1.29, 1.82) is 0 Å². The van der Waals surface area contributed by atoms with Gasteiger partial charge in [-0.2, -0.15) is 0 Å². The van der Waals surface area contributed by atoms with Gasteiger partial charge in [-0.1, -0.05) is 37.5 Å². The number of ether oxygens (including phenoxy) is 1. The van der Waals surface area contributed by atoms with E-state index in [4.69, 9.17) is 16.3 Å². The fraction of sp³-hybridized carbons (Fsp3) is 0.529. The largest absolute Gasteiger partial charge is 0.493 e. The standard InChI is InChI=1S/C17H21ClO/c1-14-13-16(7-4-11-18)8-9-17(14)19-12-10-15-5-2-3-6-15/h8-9,13,15H,2-3,5-6,10-12H2,1H3. The first kappa shape index (κ1) is 14.3. The molecule has 0 heterocycles. The van der Waals surface area contributed by atoms with Gasteiger partial charge in [0.15, 0.2) is 0 Å². The van der Waals surface area contributed by atoms with E-state index in [1.807, 2.05) is 12.1 Å². The van der Waals surface area contributed by atoms with Gasteiger partial charge >= 0.3 is 0 Å². The Kier molecular flexibility index (Phi) is 5.61. The highest BCUT2D eigenvalue weighted by Gasteiger charge is 2.14. The second-order valence-electron chi connectivity index (χ2n) is 5.20. The van der Waals surface area contributed by atoms with Crippen molar-refractivity contribution >= 4 is 11.6 Å². The summed E-state index contributed by atoms with van der Waals surface area (Å²) in [6, 6.07) is 6.07. The van der Waals surface area contributed by atoms with Crippen LogP contribution in [0.5, 0.6) is 5.75 Å².